The number of hydrogen-bond acceptors (Lipinski definition) is 4. The number of ether oxygens (including phenoxy) is 1. The molecule has 0 spiro atoms. The van der Waals surface area contributed by atoms with Gasteiger partial charge in [0.25, 0.3) is 0 Å². The standard InChI is InChI=1S/C18H18N2O3/c1-23-16-9-4-6-13(18(16)22)12-19-14-7-2-3-8-15(14)20-11-5-10-17(20)21/h2-4,6-9,12,22H,5,10-11H2,1H3. The molecule has 1 fully saturated rings. The molecule has 1 amide bonds. The van der Waals surface area contributed by atoms with Gasteiger partial charge in [0.1, 0.15) is 0 Å². The zero-order valence-electron chi connectivity index (χ0n) is 12.9. The van der Waals surface area contributed by atoms with E-state index >= 15 is 0 Å². The highest BCUT2D eigenvalue weighted by atomic mass is 16.5. The van der Waals surface area contributed by atoms with Crippen molar-refractivity contribution in [2.24, 2.45) is 4.99 Å². The minimum absolute atomic E-state index is 0.0495. The number of phenolic OH excluding ortho intramolecular Hbond substituents is 1. The first-order valence-corrected chi connectivity index (χ1v) is 7.50. The van der Waals surface area contributed by atoms with E-state index in [2.05, 4.69) is 4.99 Å². The van der Waals surface area contributed by atoms with Crippen molar-refractivity contribution in [2.45, 2.75) is 12.8 Å². The number of phenols is 1. The Labute approximate surface area is 134 Å². The Hall–Kier alpha value is -2.82. The Bertz CT molecular complexity index is 756. The number of benzene rings is 2. The number of aromatic hydroxyl groups is 1. The molecule has 1 N–H and O–H groups in total. The van der Waals surface area contributed by atoms with Crippen LogP contribution in [0.25, 0.3) is 0 Å². The average molecular weight is 310 g/mol. The van der Waals surface area contributed by atoms with Gasteiger partial charge in [-0.05, 0) is 30.7 Å². The molecule has 0 unspecified atom stereocenters. The van der Waals surface area contributed by atoms with Crippen molar-refractivity contribution in [3.63, 3.8) is 0 Å². The molecule has 1 saturated heterocycles. The van der Waals surface area contributed by atoms with Gasteiger partial charge in [0.05, 0.1) is 18.5 Å². The second kappa shape index (κ2) is 6.52. The SMILES string of the molecule is COc1cccc(C=Nc2ccccc2N2CCCC2=O)c1O. The first kappa shape index (κ1) is 15.1. The van der Waals surface area contributed by atoms with Crippen molar-refractivity contribution in [3.8, 4) is 11.5 Å². The average Bonchev–Trinajstić information content (AvgIpc) is 3.00. The molecule has 2 aromatic rings. The molecule has 0 aromatic heterocycles. The second-order valence-electron chi connectivity index (χ2n) is 5.29. The van der Waals surface area contributed by atoms with E-state index in [4.69, 9.17) is 4.74 Å². The first-order chi connectivity index (χ1) is 11.2. The third kappa shape index (κ3) is 3.04. The molecule has 0 bridgehead atoms. The number of carbonyl (C=O) groups excluding carboxylic acids is 1. The first-order valence-electron chi connectivity index (χ1n) is 7.50. The third-order valence-electron chi connectivity index (χ3n) is 3.84. The van der Waals surface area contributed by atoms with Gasteiger partial charge in [0, 0.05) is 24.7 Å². The molecule has 0 aliphatic carbocycles. The van der Waals surface area contributed by atoms with Crippen LogP contribution in [-0.4, -0.2) is 30.9 Å². The van der Waals surface area contributed by atoms with E-state index in [9.17, 15) is 9.90 Å². The van der Waals surface area contributed by atoms with Gasteiger partial charge in [0.15, 0.2) is 11.5 Å². The summed E-state index contributed by atoms with van der Waals surface area (Å²) in [6.07, 6.45) is 3.03. The van der Waals surface area contributed by atoms with Gasteiger partial charge < -0.3 is 14.7 Å². The Morgan fingerprint density at radius 1 is 1.22 bits per heavy atom. The van der Waals surface area contributed by atoms with Gasteiger partial charge in [-0.25, -0.2) is 0 Å². The Balaban J connectivity index is 1.93. The molecule has 1 heterocycles. The maximum absolute atomic E-state index is 12.0. The van der Waals surface area contributed by atoms with E-state index in [0.717, 1.165) is 18.7 Å². The molecule has 0 atom stereocenters. The summed E-state index contributed by atoms with van der Waals surface area (Å²) in [5.74, 6) is 0.572. The van der Waals surface area contributed by atoms with Crippen LogP contribution in [0.2, 0.25) is 0 Å². The van der Waals surface area contributed by atoms with Crippen LogP contribution in [0.5, 0.6) is 11.5 Å². The highest BCUT2D eigenvalue weighted by Gasteiger charge is 2.23. The van der Waals surface area contributed by atoms with Crippen molar-refractivity contribution in [1.82, 2.24) is 0 Å². The van der Waals surface area contributed by atoms with Crippen LogP contribution in [0, 0.1) is 0 Å². The zero-order chi connectivity index (χ0) is 16.2. The molecule has 5 heteroatoms. The van der Waals surface area contributed by atoms with Gasteiger partial charge in [-0.15, -0.1) is 0 Å². The van der Waals surface area contributed by atoms with Crippen LogP contribution < -0.4 is 9.64 Å². The normalized spacial score (nSPS) is 14.7. The summed E-state index contributed by atoms with van der Waals surface area (Å²) < 4.78 is 5.09. The summed E-state index contributed by atoms with van der Waals surface area (Å²) in [7, 11) is 1.50. The molecular weight excluding hydrogens is 292 g/mol. The number of hydrogen-bond donors (Lipinski definition) is 1. The smallest absolute Gasteiger partial charge is 0.227 e. The van der Waals surface area contributed by atoms with E-state index < -0.39 is 0 Å². The number of carbonyl (C=O) groups is 1. The van der Waals surface area contributed by atoms with Crippen molar-refractivity contribution in [3.05, 3.63) is 48.0 Å². The van der Waals surface area contributed by atoms with Crippen LogP contribution in [0.3, 0.4) is 0 Å². The van der Waals surface area contributed by atoms with Gasteiger partial charge in [-0.1, -0.05) is 18.2 Å². The van der Waals surface area contributed by atoms with E-state index in [1.807, 2.05) is 24.3 Å². The van der Waals surface area contributed by atoms with Crippen LogP contribution >= 0.6 is 0 Å². The highest BCUT2D eigenvalue weighted by Crippen LogP contribution is 2.33. The lowest BCUT2D eigenvalue weighted by Gasteiger charge is -2.17. The number of aliphatic imine (C=N–C) groups is 1. The molecular formula is C18H18N2O3. The van der Waals surface area contributed by atoms with E-state index in [0.29, 0.717) is 23.4 Å². The predicted molar refractivity (Wildman–Crippen MR) is 89.9 cm³/mol. The van der Waals surface area contributed by atoms with Crippen molar-refractivity contribution in [2.75, 3.05) is 18.6 Å². The third-order valence-corrected chi connectivity index (χ3v) is 3.84. The molecule has 0 saturated carbocycles. The summed E-state index contributed by atoms with van der Waals surface area (Å²) in [5.41, 5.74) is 2.06. The van der Waals surface area contributed by atoms with Crippen LogP contribution in [-0.2, 0) is 4.79 Å². The number of para-hydroxylation sites is 3. The molecule has 0 radical (unpaired) electrons. The summed E-state index contributed by atoms with van der Waals surface area (Å²) in [4.78, 5) is 18.2. The Morgan fingerprint density at radius 3 is 2.78 bits per heavy atom. The number of anilines is 1. The minimum Gasteiger partial charge on any atom is -0.504 e. The van der Waals surface area contributed by atoms with Gasteiger partial charge in [-0.2, -0.15) is 0 Å². The van der Waals surface area contributed by atoms with Crippen molar-refractivity contribution < 1.29 is 14.6 Å². The van der Waals surface area contributed by atoms with E-state index in [1.165, 1.54) is 7.11 Å². The maximum Gasteiger partial charge on any atom is 0.227 e. The summed E-state index contributed by atoms with van der Waals surface area (Å²) in [6, 6.07) is 12.7. The molecule has 118 valence electrons. The lowest BCUT2D eigenvalue weighted by molar-refractivity contribution is -0.117. The number of amides is 1. The van der Waals surface area contributed by atoms with E-state index in [1.54, 1.807) is 29.3 Å². The Kier molecular flexibility index (Phi) is 4.28. The fraction of sp³-hybridized carbons (Fsp3) is 0.222. The number of nitrogens with zero attached hydrogens (tertiary/aromatic N) is 2. The lowest BCUT2D eigenvalue weighted by Crippen LogP contribution is -2.23. The van der Waals surface area contributed by atoms with Crippen LogP contribution in [0.1, 0.15) is 18.4 Å². The Morgan fingerprint density at radius 2 is 2.04 bits per heavy atom. The number of methoxy groups -OCH3 is 1. The monoisotopic (exact) mass is 310 g/mol. The minimum atomic E-state index is 0.0495. The van der Waals surface area contributed by atoms with Crippen LogP contribution in [0.4, 0.5) is 11.4 Å². The number of rotatable bonds is 4. The molecule has 3 rings (SSSR count). The van der Waals surface area contributed by atoms with Gasteiger partial charge >= 0.3 is 0 Å². The molecule has 1 aliphatic rings. The zero-order valence-corrected chi connectivity index (χ0v) is 12.9. The largest absolute Gasteiger partial charge is 0.504 e. The lowest BCUT2D eigenvalue weighted by atomic mass is 10.2. The van der Waals surface area contributed by atoms with Crippen molar-refractivity contribution in [1.29, 1.82) is 0 Å². The van der Waals surface area contributed by atoms with Crippen LogP contribution in [0.15, 0.2) is 47.5 Å². The van der Waals surface area contributed by atoms with Gasteiger partial charge in [-0.3, -0.25) is 9.79 Å². The molecule has 23 heavy (non-hydrogen) atoms. The van der Waals surface area contributed by atoms with Crippen molar-refractivity contribution >= 4 is 23.5 Å². The van der Waals surface area contributed by atoms with E-state index in [-0.39, 0.29) is 11.7 Å². The summed E-state index contributed by atoms with van der Waals surface area (Å²) >= 11 is 0. The summed E-state index contributed by atoms with van der Waals surface area (Å²) in [5, 5.41) is 10.1. The molecule has 1 aliphatic heterocycles. The fourth-order valence-electron chi connectivity index (χ4n) is 2.65. The predicted octanol–water partition coefficient (Wildman–Crippen LogP) is 3.28. The van der Waals surface area contributed by atoms with Gasteiger partial charge in [0.2, 0.25) is 5.91 Å². The maximum atomic E-state index is 12.0. The highest BCUT2D eigenvalue weighted by molar-refractivity contribution is 5.99. The topological polar surface area (TPSA) is 62.1 Å². The molecule has 2 aromatic carbocycles. The molecule has 5 nitrogen and oxygen atoms in total. The summed E-state index contributed by atoms with van der Waals surface area (Å²) in [6.45, 7) is 0.718. The second-order valence-corrected chi connectivity index (χ2v) is 5.29. The quantitative estimate of drug-likeness (QED) is 0.882. The fourth-order valence-corrected chi connectivity index (χ4v) is 2.65.